The van der Waals surface area contributed by atoms with Crippen molar-refractivity contribution in [2.75, 3.05) is 18.4 Å². The average Bonchev–Trinajstić information content (AvgIpc) is 2.78. The van der Waals surface area contributed by atoms with Crippen LogP contribution in [0.3, 0.4) is 0 Å². The summed E-state index contributed by atoms with van der Waals surface area (Å²) in [5.74, 6) is 0.917. The lowest BCUT2D eigenvalue weighted by atomic mass is 9.98. The van der Waals surface area contributed by atoms with Gasteiger partial charge < -0.3 is 15.0 Å². The first-order chi connectivity index (χ1) is 14.4. The van der Waals surface area contributed by atoms with Crippen molar-refractivity contribution in [1.82, 2.24) is 4.90 Å². The Hall–Kier alpha value is -2.82. The molecule has 162 valence electrons. The number of nitrogens with zero attached hydrogens (tertiary/aromatic N) is 1. The summed E-state index contributed by atoms with van der Waals surface area (Å²) in [5.41, 5.74) is 2.38. The standard InChI is InChI=1S/C25H34N2O3/c1-6-18(5)21-12-10-11-13-23(21)30-22(7-2)24(28)26-20-16-14-19(15-17-20)25(29)27(8-3)9-4/h10-18,22H,6-9H2,1-5H3,(H,26,28). The minimum Gasteiger partial charge on any atom is -0.480 e. The van der Waals surface area contributed by atoms with Crippen LogP contribution in [0, 0.1) is 0 Å². The molecule has 0 saturated heterocycles. The molecule has 0 spiro atoms. The Labute approximate surface area is 180 Å². The molecule has 2 amide bonds. The zero-order chi connectivity index (χ0) is 22.1. The molecule has 0 aliphatic rings. The second-order valence-corrected chi connectivity index (χ2v) is 7.41. The predicted molar refractivity (Wildman–Crippen MR) is 122 cm³/mol. The summed E-state index contributed by atoms with van der Waals surface area (Å²) in [5, 5.41) is 2.91. The van der Waals surface area contributed by atoms with E-state index in [1.807, 2.05) is 39.0 Å². The maximum absolute atomic E-state index is 12.8. The van der Waals surface area contributed by atoms with Crippen LogP contribution in [0.1, 0.15) is 69.3 Å². The van der Waals surface area contributed by atoms with Crippen molar-refractivity contribution < 1.29 is 14.3 Å². The van der Waals surface area contributed by atoms with Gasteiger partial charge in [-0.3, -0.25) is 9.59 Å². The molecule has 0 aliphatic heterocycles. The van der Waals surface area contributed by atoms with Gasteiger partial charge in [-0.05, 0) is 68.5 Å². The fourth-order valence-electron chi connectivity index (χ4n) is 3.30. The summed E-state index contributed by atoms with van der Waals surface area (Å²) in [7, 11) is 0. The fourth-order valence-corrected chi connectivity index (χ4v) is 3.30. The third-order valence-corrected chi connectivity index (χ3v) is 5.44. The molecule has 2 atom stereocenters. The summed E-state index contributed by atoms with van der Waals surface area (Å²) in [6, 6.07) is 14.9. The van der Waals surface area contributed by atoms with Gasteiger partial charge in [0.1, 0.15) is 5.75 Å². The number of carbonyl (C=O) groups is 2. The molecule has 0 fully saturated rings. The second kappa shape index (κ2) is 11.4. The van der Waals surface area contributed by atoms with Gasteiger partial charge in [-0.15, -0.1) is 0 Å². The number of hydrogen-bond acceptors (Lipinski definition) is 3. The fraction of sp³-hybridized carbons (Fsp3) is 0.440. The topological polar surface area (TPSA) is 58.6 Å². The summed E-state index contributed by atoms with van der Waals surface area (Å²) < 4.78 is 6.10. The van der Waals surface area contributed by atoms with Crippen LogP contribution in [0.5, 0.6) is 5.75 Å². The van der Waals surface area contributed by atoms with Crippen LogP contribution in [-0.4, -0.2) is 35.9 Å². The monoisotopic (exact) mass is 410 g/mol. The highest BCUT2D eigenvalue weighted by Crippen LogP contribution is 2.29. The van der Waals surface area contributed by atoms with Crippen molar-refractivity contribution in [1.29, 1.82) is 0 Å². The van der Waals surface area contributed by atoms with E-state index in [-0.39, 0.29) is 11.8 Å². The Morgan fingerprint density at radius 2 is 1.57 bits per heavy atom. The molecule has 2 unspecified atom stereocenters. The third kappa shape index (κ3) is 5.85. The quantitative estimate of drug-likeness (QED) is 0.564. The number of benzene rings is 2. The van der Waals surface area contributed by atoms with Gasteiger partial charge in [0.25, 0.3) is 11.8 Å². The Morgan fingerprint density at radius 3 is 2.13 bits per heavy atom. The van der Waals surface area contributed by atoms with Gasteiger partial charge in [0.15, 0.2) is 6.10 Å². The van der Waals surface area contributed by atoms with Crippen LogP contribution in [-0.2, 0) is 4.79 Å². The molecular weight excluding hydrogens is 376 g/mol. The van der Waals surface area contributed by atoms with E-state index in [1.54, 1.807) is 29.2 Å². The third-order valence-electron chi connectivity index (χ3n) is 5.44. The Balaban J connectivity index is 2.08. The summed E-state index contributed by atoms with van der Waals surface area (Å²) in [6.45, 7) is 11.5. The summed E-state index contributed by atoms with van der Waals surface area (Å²) >= 11 is 0. The van der Waals surface area contributed by atoms with E-state index in [0.29, 0.717) is 36.7 Å². The van der Waals surface area contributed by atoms with Gasteiger partial charge in [0.2, 0.25) is 0 Å². The van der Waals surface area contributed by atoms with Crippen LogP contribution in [0.25, 0.3) is 0 Å². The van der Waals surface area contributed by atoms with Gasteiger partial charge in [-0.1, -0.05) is 39.0 Å². The molecule has 2 rings (SSSR count). The largest absolute Gasteiger partial charge is 0.480 e. The molecule has 1 N–H and O–H groups in total. The number of para-hydroxylation sites is 1. The Kier molecular flexibility index (Phi) is 8.90. The molecule has 0 bridgehead atoms. The van der Waals surface area contributed by atoms with E-state index in [4.69, 9.17) is 4.74 Å². The minimum atomic E-state index is -0.591. The molecule has 0 saturated carbocycles. The normalized spacial score (nSPS) is 12.7. The summed E-state index contributed by atoms with van der Waals surface area (Å²) in [6.07, 6.45) is 0.966. The first kappa shape index (κ1) is 23.5. The highest BCUT2D eigenvalue weighted by atomic mass is 16.5. The molecule has 0 radical (unpaired) electrons. The molecule has 0 aliphatic carbocycles. The summed E-state index contributed by atoms with van der Waals surface area (Å²) in [4.78, 5) is 27.0. The van der Waals surface area contributed by atoms with E-state index < -0.39 is 6.10 Å². The number of rotatable bonds is 10. The van der Waals surface area contributed by atoms with Crippen LogP contribution >= 0.6 is 0 Å². The van der Waals surface area contributed by atoms with Crippen LogP contribution in [0.4, 0.5) is 5.69 Å². The van der Waals surface area contributed by atoms with Crippen molar-refractivity contribution in [3.63, 3.8) is 0 Å². The molecule has 0 heterocycles. The van der Waals surface area contributed by atoms with Crippen molar-refractivity contribution in [2.24, 2.45) is 0 Å². The number of ether oxygens (including phenoxy) is 1. The lowest BCUT2D eigenvalue weighted by molar-refractivity contribution is -0.122. The second-order valence-electron chi connectivity index (χ2n) is 7.41. The maximum Gasteiger partial charge on any atom is 0.265 e. The first-order valence-corrected chi connectivity index (χ1v) is 10.9. The van der Waals surface area contributed by atoms with Gasteiger partial charge in [-0.25, -0.2) is 0 Å². The zero-order valence-electron chi connectivity index (χ0n) is 18.8. The van der Waals surface area contributed by atoms with E-state index in [2.05, 4.69) is 25.2 Å². The first-order valence-electron chi connectivity index (χ1n) is 10.9. The number of hydrogen-bond donors (Lipinski definition) is 1. The number of amides is 2. The maximum atomic E-state index is 12.8. The molecule has 5 nitrogen and oxygen atoms in total. The molecule has 2 aromatic rings. The Bertz CT molecular complexity index is 829. The number of carbonyl (C=O) groups excluding carboxylic acids is 2. The zero-order valence-corrected chi connectivity index (χ0v) is 18.8. The van der Waals surface area contributed by atoms with Crippen LogP contribution < -0.4 is 10.1 Å². The Morgan fingerprint density at radius 1 is 0.933 bits per heavy atom. The van der Waals surface area contributed by atoms with Crippen molar-refractivity contribution in [3.8, 4) is 5.75 Å². The highest BCUT2D eigenvalue weighted by molar-refractivity contribution is 5.97. The van der Waals surface area contributed by atoms with E-state index >= 15 is 0 Å². The molecular formula is C25H34N2O3. The lowest BCUT2D eigenvalue weighted by Crippen LogP contribution is -2.33. The van der Waals surface area contributed by atoms with Crippen molar-refractivity contribution in [3.05, 3.63) is 59.7 Å². The molecule has 0 aromatic heterocycles. The van der Waals surface area contributed by atoms with Gasteiger partial charge in [0.05, 0.1) is 0 Å². The van der Waals surface area contributed by atoms with Gasteiger partial charge in [-0.2, -0.15) is 0 Å². The van der Waals surface area contributed by atoms with Crippen LogP contribution in [0.15, 0.2) is 48.5 Å². The van der Waals surface area contributed by atoms with E-state index in [9.17, 15) is 9.59 Å². The van der Waals surface area contributed by atoms with Crippen LogP contribution in [0.2, 0.25) is 0 Å². The minimum absolute atomic E-state index is 0.00528. The average molecular weight is 411 g/mol. The van der Waals surface area contributed by atoms with Gasteiger partial charge >= 0.3 is 0 Å². The smallest absolute Gasteiger partial charge is 0.265 e. The molecule has 30 heavy (non-hydrogen) atoms. The molecule has 2 aromatic carbocycles. The lowest BCUT2D eigenvalue weighted by Gasteiger charge is -2.21. The van der Waals surface area contributed by atoms with E-state index in [1.165, 1.54) is 0 Å². The van der Waals surface area contributed by atoms with Gasteiger partial charge in [0, 0.05) is 24.3 Å². The van der Waals surface area contributed by atoms with Crippen molar-refractivity contribution in [2.45, 2.75) is 59.5 Å². The number of nitrogens with one attached hydrogen (secondary N) is 1. The molecule has 5 heteroatoms. The van der Waals surface area contributed by atoms with Crippen molar-refractivity contribution >= 4 is 17.5 Å². The highest BCUT2D eigenvalue weighted by Gasteiger charge is 2.21. The SMILES string of the molecule is CCC(Oc1ccccc1C(C)CC)C(=O)Nc1ccc(C(=O)N(CC)CC)cc1. The predicted octanol–water partition coefficient (Wildman–Crippen LogP) is 5.48. The van der Waals surface area contributed by atoms with E-state index in [0.717, 1.165) is 17.7 Å². The number of anilines is 1.